The first-order valence-electron chi connectivity index (χ1n) is 5.70. The van der Waals surface area contributed by atoms with Crippen LogP contribution in [-0.4, -0.2) is 72.7 Å². The molecule has 5 heteroatoms. The molecule has 0 aliphatic carbocycles. The summed E-state index contributed by atoms with van der Waals surface area (Å²) in [5, 5.41) is 12.3. The zero-order chi connectivity index (χ0) is 12.3. The van der Waals surface area contributed by atoms with Crippen molar-refractivity contribution >= 4 is 5.91 Å². The number of likely N-dealkylation sites (N-methyl/N-ethyl adjacent to an activating group) is 2. The van der Waals surface area contributed by atoms with Gasteiger partial charge in [-0.3, -0.25) is 9.69 Å². The van der Waals surface area contributed by atoms with Crippen molar-refractivity contribution < 1.29 is 9.90 Å². The average molecular weight is 229 g/mol. The Kier molecular flexibility index (Phi) is 4.29. The van der Waals surface area contributed by atoms with Crippen molar-refractivity contribution in [2.75, 3.05) is 40.3 Å². The minimum Gasteiger partial charge on any atom is -0.381 e. The summed E-state index contributed by atoms with van der Waals surface area (Å²) in [6.45, 7) is 6.61. The molecule has 0 bridgehead atoms. The molecule has 0 saturated carbocycles. The van der Waals surface area contributed by atoms with Gasteiger partial charge in [0.1, 0.15) is 5.60 Å². The van der Waals surface area contributed by atoms with E-state index in [1.54, 1.807) is 0 Å². The lowest BCUT2D eigenvalue weighted by Gasteiger charge is -2.38. The fourth-order valence-corrected chi connectivity index (χ4v) is 1.75. The number of nitrogens with one attached hydrogen (secondary N) is 1. The quantitative estimate of drug-likeness (QED) is 0.660. The number of rotatable bonds is 3. The molecule has 1 unspecified atom stereocenters. The van der Waals surface area contributed by atoms with E-state index in [0.29, 0.717) is 12.6 Å². The monoisotopic (exact) mass is 229 g/mol. The maximum absolute atomic E-state index is 11.5. The molecule has 0 aromatic rings. The number of hydrogen-bond donors (Lipinski definition) is 2. The largest absolute Gasteiger partial charge is 0.381 e. The van der Waals surface area contributed by atoms with Gasteiger partial charge in [0.2, 0.25) is 0 Å². The second-order valence-electron chi connectivity index (χ2n) is 5.17. The van der Waals surface area contributed by atoms with Gasteiger partial charge in [-0.1, -0.05) is 0 Å². The maximum Gasteiger partial charge on any atom is 0.251 e. The lowest BCUT2D eigenvalue weighted by molar-refractivity contribution is -0.136. The Labute approximate surface area is 97.4 Å². The van der Waals surface area contributed by atoms with Crippen molar-refractivity contribution in [3.63, 3.8) is 0 Å². The lowest BCUT2D eigenvalue weighted by Crippen LogP contribution is -2.56. The average Bonchev–Trinajstić information content (AvgIpc) is 2.17. The summed E-state index contributed by atoms with van der Waals surface area (Å²) in [6.07, 6.45) is 0. The molecule has 1 aliphatic heterocycles. The molecule has 2 N–H and O–H groups in total. The number of carbonyl (C=O) groups excluding carboxylic acids is 1. The van der Waals surface area contributed by atoms with Crippen LogP contribution in [0.4, 0.5) is 0 Å². The molecule has 94 valence electrons. The summed E-state index contributed by atoms with van der Waals surface area (Å²) in [6, 6.07) is 0.324. The zero-order valence-electron chi connectivity index (χ0n) is 10.7. The van der Waals surface area contributed by atoms with Crippen molar-refractivity contribution in [3.05, 3.63) is 0 Å². The van der Waals surface area contributed by atoms with Crippen LogP contribution >= 0.6 is 0 Å². The minimum absolute atomic E-state index is 0.311. The van der Waals surface area contributed by atoms with E-state index in [9.17, 15) is 9.90 Å². The molecular formula is C11H23N3O2. The van der Waals surface area contributed by atoms with Crippen LogP contribution in [-0.2, 0) is 4.79 Å². The van der Waals surface area contributed by atoms with Crippen LogP contribution in [0.1, 0.15) is 13.8 Å². The van der Waals surface area contributed by atoms with Crippen LogP contribution in [0.3, 0.4) is 0 Å². The third-order valence-corrected chi connectivity index (χ3v) is 3.03. The number of nitrogens with zero attached hydrogens (tertiary/aromatic N) is 2. The summed E-state index contributed by atoms with van der Waals surface area (Å²) >= 11 is 0. The highest BCUT2D eigenvalue weighted by Crippen LogP contribution is 2.06. The van der Waals surface area contributed by atoms with E-state index in [0.717, 1.165) is 19.6 Å². The van der Waals surface area contributed by atoms with Gasteiger partial charge in [0, 0.05) is 32.2 Å². The van der Waals surface area contributed by atoms with Gasteiger partial charge in [-0.15, -0.1) is 0 Å². The van der Waals surface area contributed by atoms with Gasteiger partial charge in [0.05, 0.1) is 0 Å². The SMILES string of the molecule is CN1CCN(C)C(CNC(=O)C(C)(C)O)C1. The van der Waals surface area contributed by atoms with Crippen LogP contribution in [0.25, 0.3) is 0 Å². The van der Waals surface area contributed by atoms with E-state index in [1.807, 2.05) is 0 Å². The fourth-order valence-electron chi connectivity index (χ4n) is 1.75. The first kappa shape index (κ1) is 13.4. The Hall–Kier alpha value is -0.650. The van der Waals surface area contributed by atoms with Gasteiger partial charge in [-0.05, 0) is 27.9 Å². The Balaban J connectivity index is 2.39. The molecule has 1 rings (SSSR count). The molecule has 0 aromatic carbocycles. The Morgan fingerprint density at radius 3 is 2.62 bits per heavy atom. The molecule has 1 heterocycles. The number of hydrogen-bond acceptors (Lipinski definition) is 4. The predicted molar refractivity (Wildman–Crippen MR) is 63.2 cm³/mol. The molecule has 16 heavy (non-hydrogen) atoms. The molecule has 1 saturated heterocycles. The normalized spacial score (nSPS) is 24.4. The van der Waals surface area contributed by atoms with Gasteiger partial charge >= 0.3 is 0 Å². The van der Waals surface area contributed by atoms with Crippen LogP contribution in [0.5, 0.6) is 0 Å². The molecule has 1 amide bonds. The highest BCUT2D eigenvalue weighted by Gasteiger charge is 2.26. The summed E-state index contributed by atoms with van der Waals surface area (Å²) < 4.78 is 0. The molecule has 0 radical (unpaired) electrons. The third-order valence-electron chi connectivity index (χ3n) is 3.03. The van der Waals surface area contributed by atoms with Gasteiger partial charge in [0.15, 0.2) is 0 Å². The lowest BCUT2D eigenvalue weighted by atomic mass is 10.1. The first-order chi connectivity index (χ1) is 7.30. The highest BCUT2D eigenvalue weighted by molar-refractivity contribution is 5.83. The highest BCUT2D eigenvalue weighted by atomic mass is 16.3. The standard InChI is InChI=1S/C11H23N3O2/c1-11(2,16)10(15)12-7-9-8-13(3)5-6-14(9)4/h9,16H,5-8H2,1-4H3,(H,12,15). The second-order valence-corrected chi connectivity index (χ2v) is 5.17. The number of aliphatic hydroxyl groups is 1. The summed E-state index contributed by atoms with van der Waals surface area (Å²) in [5.41, 5.74) is -1.29. The third kappa shape index (κ3) is 3.73. The van der Waals surface area contributed by atoms with E-state index >= 15 is 0 Å². The van der Waals surface area contributed by atoms with Crippen molar-refractivity contribution in [1.29, 1.82) is 0 Å². The van der Waals surface area contributed by atoms with Crippen LogP contribution in [0.2, 0.25) is 0 Å². The topological polar surface area (TPSA) is 55.8 Å². The second kappa shape index (κ2) is 5.12. The molecule has 0 spiro atoms. The smallest absolute Gasteiger partial charge is 0.251 e. The van der Waals surface area contributed by atoms with Crippen molar-refractivity contribution in [1.82, 2.24) is 15.1 Å². The number of carbonyl (C=O) groups is 1. The molecule has 1 aliphatic rings. The minimum atomic E-state index is -1.29. The molecule has 5 nitrogen and oxygen atoms in total. The molecular weight excluding hydrogens is 206 g/mol. The number of amides is 1. The van der Waals surface area contributed by atoms with E-state index in [2.05, 4.69) is 29.2 Å². The summed E-state index contributed by atoms with van der Waals surface area (Å²) in [5.74, 6) is -0.311. The van der Waals surface area contributed by atoms with Crippen LogP contribution < -0.4 is 5.32 Å². The molecule has 0 aromatic heterocycles. The van der Waals surface area contributed by atoms with Gasteiger partial charge in [0.25, 0.3) is 5.91 Å². The van der Waals surface area contributed by atoms with Crippen LogP contribution in [0, 0.1) is 0 Å². The Morgan fingerprint density at radius 1 is 1.44 bits per heavy atom. The maximum atomic E-state index is 11.5. The van der Waals surface area contributed by atoms with Crippen LogP contribution in [0.15, 0.2) is 0 Å². The van der Waals surface area contributed by atoms with Crippen molar-refractivity contribution in [3.8, 4) is 0 Å². The Morgan fingerprint density at radius 2 is 2.06 bits per heavy atom. The number of piperazine rings is 1. The van der Waals surface area contributed by atoms with E-state index in [1.165, 1.54) is 13.8 Å². The van der Waals surface area contributed by atoms with Crippen molar-refractivity contribution in [2.24, 2.45) is 0 Å². The Bertz CT molecular complexity index is 250. The first-order valence-corrected chi connectivity index (χ1v) is 5.70. The van der Waals surface area contributed by atoms with E-state index in [-0.39, 0.29) is 5.91 Å². The van der Waals surface area contributed by atoms with E-state index in [4.69, 9.17) is 0 Å². The van der Waals surface area contributed by atoms with Crippen molar-refractivity contribution in [2.45, 2.75) is 25.5 Å². The van der Waals surface area contributed by atoms with Gasteiger partial charge in [-0.2, -0.15) is 0 Å². The van der Waals surface area contributed by atoms with Gasteiger partial charge < -0.3 is 15.3 Å². The zero-order valence-corrected chi connectivity index (χ0v) is 10.7. The van der Waals surface area contributed by atoms with Gasteiger partial charge in [-0.25, -0.2) is 0 Å². The summed E-state index contributed by atoms with van der Waals surface area (Å²) in [7, 11) is 4.14. The molecule has 1 fully saturated rings. The van der Waals surface area contributed by atoms with E-state index < -0.39 is 5.60 Å². The molecule has 1 atom stereocenters. The predicted octanol–water partition coefficient (Wildman–Crippen LogP) is -0.881. The summed E-state index contributed by atoms with van der Waals surface area (Å²) in [4.78, 5) is 16.0. The fraction of sp³-hybridized carbons (Fsp3) is 0.909.